The molecule has 1 saturated heterocycles. The number of aliphatic hydroxyl groups is 1. The lowest BCUT2D eigenvalue weighted by Gasteiger charge is -2.24. The summed E-state index contributed by atoms with van der Waals surface area (Å²) in [5.41, 5.74) is 2.52. The average Bonchev–Trinajstić information content (AvgIpc) is 3.61. The third kappa shape index (κ3) is 4.79. The van der Waals surface area contributed by atoms with Gasteiger partial charge in [0.1, 0.15) is 17.6 Å². The Labute approximate surface area is 245 Å². The largest absolute Gasteiger partial charge is 0.507 e. The number of ketones is 1. The lowest BCUT2D eigenvalue weighted by atomic mass is 9.94. The van der Waals surface area contributed by atoms with Crippen LogP contribution in [0.25, 0.3) is 16.0 Å². The van der Waals surface area contributed by atoms with E-state index in [9.17, 15) is 14.7 Å². The van der Waals surface area contributed by atoms with Crippen LogP contribution in [0, 0.1) is 0 Å². The van der Waals surface area contributed by atoms with Crippen LogP contribution >= 0.6 is 22.9 Å². The molecule has 3 aromatic carbocycles. The quantitative estimate of drug-likeness (QED) is 0.145. The molecular weight excluding hydrogens is 564 g/mol. The van der Waals surface area contributed by atoms with E-state index in [0.29, 0.717) is 57.9 Å². The Bertz CT molecular complexity index is 1730. The van der Waals surface area contributed by atoms with Crippen LogP contribution in [-0.4, -0.2) is 41.1 Å². The number of hydrogen-bond donors (Lipinski definition) is 1. The van der Waals surface area contributed by atoms with Gasteiger partial charge in [0.25, 0.3) is 5.78 Å². The molecule has 0 aliphatic carbocycles. The van der Waals surface area contributed by atoms with Crippen molar-refractivity contribution in [3.8, 4) is 17.2 Å². The lowest BCUT2D eigenvalue weighted by molar-refractivity contribution is -0.132. The van der Waals surface area contributed by atoms with Gasteiger partial charge in [-0.2, -0.15) is 0 Å². The number of amides is 1. The molecule has 0 radical (unpaired) electrons. The molecular formula is C31H27ClN2O6S. The van der Waals surface area contributed by atoms with E-state index in [2.05, 4.69) is 4.98 Å². The van der Waals surface area contributed by atoms with Gasteiger partial charge in [0.05, 0.1) is 35.0 Å². The number of ether oxygens (including phenoxy) is 3. The highest BCUT2D eigenvalue weighted by Crippen LogP contribution is 2.46. The number of anilines is 1. The summed E-state index contributed by atoms with van der Waals surface area (Å²) in [7, 11) is 0. The Morgan fingerprint density at radius 2 is 1.85 bits per heavy atom. The second kappa shape index (κ2) is 10.7. The number of thiazole rings is 1. The van der Waals surface area contributed by atoms with E-state index in [-0.39, 0.29) is 17.4 Å². The van der Waals surface area contributed by atoms with Gasteiger partial charge in [-0.1, -0.05) is 29.0 Å². The van der Waals surface area contributed by atoms with E-state index in [1.165, 1.54) is 16.2 Å². The molecule has 0 spiro atoms. The van der Waals surface area contributed by atoms with Crippen LogP contribution in [0.5, 0.6) is 17.2 Å². The first-order valence-electron chi connectivity index (χ1n) is 13.4. The molecule has 3 heterocycles. The molecule has 41 heavy (non-hydrogen) atoms. The average molecular weight is 591 g/mol. The van der Waals surface area contributed by atoms with Crippen LogP contribution in [0.15, 0.2) is 60.2 Å². The van der Waals surface area contributed by atoms with Crippen molar-refractivity contribution in [2.75, 3.05) is 18.1 Å². The standard InChI is InChI=1S/C31H27ClN2O6S/c1-4-38-23-11-6-17(14-24(23)39-5-2)27-26(28(35)18-7-10-22-19(13-18)12-16(3)40-22)29(36)30(37)34(27)31-33-21-9-8-20(32)15-25(21)41-31/h6-11,13-16,27,35H,4-5,12H2,1-3H3/b28-26+. The summed E-state index contributed by atoms with van der Waals surface area (Å²) < 4.78 is 18.2. The fraction of sp³-hybridized carbons (Fsp3) is 0.258. The summed E-state index contributed by atoms with van der Waals surface area (Å²) in [4.78, 5) is 33.4. The molecule has 2 unspecified atom stereocenters. The van der Waals surface area contributed by atoms with E-state index in [1.54, 1.807) is 48.5 Å². The van der Waals surface area contributed by atoms with Crippen LogP contribution in [0.1, 0.15) is 43.5 Å². The Morgan fingerprint density at radius 1 is 1.07 bits per heavy atom. The van der Waals surface area contributed by atoms with Crippen molar-refractivity contribution in [2.45, 2.75) is 39.3 Å². The first kappa shape index (κ1) is 27.1. The highest BCUT2D eigenvalue weighted by atomic mass is 35.5. The van der Waals surface area contributed by atoms with Crippen LogP contribution in [-0.2, 0) is 16.0 Å². The Hall–Kier alpha value is -4.08. The van der Waals surface area contributed by atoms with Gasteiger partial charge in [0.2, 0.25) is 0 Å². The molecule has 2 aliphatic rings. The molecule has 8 nitrogen and oxygen atoms in total. The Kier molecular flexibility index (Phi) is 7.09. The first-order chi connectivity index (χ1) is 19.8. The van der Waals surface area contributed by atoms with Crippen LogP contribution in [0.3, 0.4) is 0 Å². The predicted octanol–water partition coefficient (Wildman–Crippen LogP) is 6.70. The maximum atomic E-state index is 13.7. The first-order valence-corrected chi connectivity index (χ1v) is 14.5. The number of benzene rings is 3. The minimum absolute atomic E-state index is 0.0151. The molecule has 1 aromatic heterocycles. The summed E-state index contributed by atoms with van der Waals surface area (Å²) in [6.45, 7) is 6.53. The summed E-state index contributed by atoms with van der Waals surface area (Å²) in [5, 5.41) is 12.5. The monoisotopic (exact) mass is 590 g/mol. The summed E-state index contributed by atoms with van der Waals surface area (Å²) in [5.74, 6) is -0.107. The number of hydrogen-bond acceptors (Lipinski definition) is 8. The smallest absolute Gasteiger partial charge is 0.301 e. The third-order valence-corrected chi connectivity index (χ3v) is 8.29. The second-order valence-corrected chi connectivity index (χ2v) is 11.3. The van der Waals surface area contributed by atoms with Crippen molar-refractivity contribution < 1.29 is 28.9 Å². The number of nitrogens with zero attached hydrogens (tertiary/aromatic N) is 2. The van der Waals surface area contributed by atoms with Gasteiger partial charge in [-0.05, 0) is 80.4 Å². The summed E-state index contributed by atoms with van der Waals surface area (Å²) in [6, 6.07) is 14.8. The highest BCUT2D eigenvalue weighted by molar-refractivity contribution is 7.22. The third-order valence-electron chi connectivity index (χ3n) is 7.04. The molecule has 1 N–H and O–H groups in total. The molecule has 0 saturated carbocycles. The van der Waals surface area contributed by atoms with Crippen LogP contribution in [0.4, 0.5) is 5.13 Å². The summed E-state index contributed by atoms with van der Waals surface area (Å²) >= 11 is 7.45. The SMILES string of the molecule is CCOc1ccc(C2/C(=C(\O)c3ccc4c(c3)CC(C)O4)C(=O)C(=O)N2c2nc3ccc(Cl)cc3s2)cc1OCC. The van der Waals surface area contributed by atoms with Gasteiger partial charge in [-0.3, -0.25) is 14.5 Å². The van der Waals surface area contributed by atoms with Gasteiger partial charge in [0.15, 0.2) is 16.6 Å². The number of aromatic nitrogens is 1. The molecule has 210 valence electrons. The van der Waals surface area contributed by atoms with Gasteiger partial charge < -0.3 is 19.3 Å². The Balaban J connectivity index is 1.55. The lowest BCUT2D eigenvalue weighted by Crippen LogP contribution is -2.29. The molecule has 4 aromatic rings. The van der Waals surface area contributed by atoms with E-state index in [0.717, 1.165) is 16.0 Å². The van der Waals surface area contributed by atoms with Crippen LogP contribution in [0.2, 0.25) is 5.02 Å². The minimum atomic E-state index is -0.968. The maximum Gasteiger partial charge on any atom is 0.301 e. The van der Waals surface area contributed by atoms with Gasteiger partial charge in [-0.15, -0.1) is 0 Å². The molecule has 10 heteroatoms. The van der Waals surface area contributed by atoms with E-state index >= 15 is 0 Å². The van der Waals surface area contributed by atoms with E-state index < -0.39 is 17.7 Å². The number of fused-ring (bicyclic) bond motifs is 2. The van der Waals surface area contributed by atoms with Crippen molar-refractivity contribution in [3.05, 3.63) is 81.9 Å². The molecule has 2 aliphatic heterocycles. The number of carbonyl (C=O) groups excluding carboxylic acids is 2. The number of halogens is 1. The normalized spacial score (nSPS) is 19.5. The van der Waals surface area contributed by atoms with Gasteiger partial charge >= 0.3 is 5.91 Å². The number of aliphatic hydroxyl groups excluding tert-OH is 1. The van der Waals surface area contributed by atoms with Crippen molar-refractivity contribution in [3.63, 3.8) is 0 Å². The fourth-order valence-electron chi connectivity index (χ4n) is 5.30. The Morgan fingerprint density at radius 3 is 2.63 bits per heavy atom. The van der Waals surface area contributed by atoms with Crippen molar-refractivity contribution in [2.24, 2.45) is 0 Å². The van der Waals surface area contributed by atoms with Gasteiger partial charge in [-0.25, -0.2) is 4.98 Å². The number of rotatable bonds is 7. The minimum Gasteiger partial charge on any atom is -0.507 e. The zero-order chi connectivity index (χ0) is 28.8. The second-order valence-electron chi connectivity index (χ2n) is 9.80. The topological polar surface area (TPSA) is 98.2 Å². The summed E-state index contributed by atoms with van der Waals surface area (Å²) in [6.07, 6.45) is 0.695. The van der Waals surface area contributed by atoms with Gasteiger partial charge in [0, 0.05) is 17.0 Å². The molecule has 1 fully saturated rings. The zero-order valence-electron chi connectivity index (χ0n) is 22.6. The van der Waals surface area contributed by atoms with Crippen molar-refractivity contribution in [1.29, 1.82) is 0 Å². The zero-order valence-corrected chi connectivity index (χ0v) is 24.2. The molecule has 1 amide bonds. The predicted molar refractivity (Wildman–Crippen MR) is 158 cm³/mol. The van der Waals surface area contributed by atoms with Crippen molar-refractivity contribution >= 4 is 55.7 Å². The number of carbonyl (C=O) groups is 2. The molecule has 6 rings (SSSR count). The highest BCUT2D eigenvalue weighted by Gasteiger charge is 2.48. The molecule has 2 atom stereocenters. The van der Waals surface area contributed by atoms with Crippen molar-refractivity contribution in [1.82, 2.24) is 4.98 Å². The number of Topliss-reactive ketones (excluding diaryl/α,β-unsaturated/α-hetero) is 1. The van der Waals surface area contributed by atoms with E-state index in [4.69, 9.17) is 25.8 Å². The fourth-order valence-corrected chi connectivity index (χ4v) is 6.57. The van der Waals surface area contributed by atoms with Crippen LogP contribution < -0.4 is 19.1 Å². The molecule has 0 bridgehead atoms. The maximum absolute atomic E-state index is 13.7. The van der Waals surface area contributed by atoms with E-state index in [1.807, 2.05) is 26.8 Å².